The van der Waals surface area contributed by atoms with Crippen LogP contribution in [0.5, 0.6) is 0 Å². The molecule has 0 radical (unpaired) electrons. The Morgan fingerprint density at radius 2 is 1.34 bits per heavy atom. The number of hydrogen-bond donors (Lipinski definition) is 0. The second-order valence-electron chi connectivity index (χ2n) is 11.9. The summed E-state index contributed by atoms with van der Waals surface area (Å²) in [5.41, 5.74) is 6.03. The molecule has 1 aliphatic carbocycles. The lowest BCUT2D eigenvalue weighted by Gasteiger charge is -2.49. The number of amides is 1. The molecule has 6 rings (SSSR count). The van der Waals surface area contributed by atoms with Crippen LogP contribution in [0.25, 0.3) is 21.9 Å². The first-order chi connectivity index (χ1) is 22.9. The fourth-order valence-electron chi connectivity index (χ4n) is 6.67. The van der Waals surface area contributed by atoms with Crippen LogP contribution < -0.4 is 0 Å². The van der Waals surface area contributed by atoms with Crippen LogP contribution in [0, 0.1) is 5.21 Å². The summed E-state index contributed by atoms with van der Waals surface area (Å²) >= 11 is 0. The highest BCUT2D eigenvalue weighted by molar-refractivity contribution is 5.83. The Morgan fingerprint density at radius 1 is 0.766 bits per heavy atom. The molecular weight excluding hydrogens is 588 g/mol. The number of nitrogens with zero attached hydrogens (tertiary/aromatic N) is 2. The summed E-state index contributed by atoms with van der Waals surface area (Å²) in [5.74, 6) is -0.180. The number of ether oxygens (including phenoxy) is 3. The molecule has 2 unspecified atom stereocenters. The maximum atomic E-state index is 15.6. The van der Waals surface area contributed by atoms with Crippen LogP contribution in [0.4, 0.5) is 4.79 Å². The average Bonchev–Trinajstić information content (AvgIpc) is 3.43. The van der Waals surface area contributed by atoms with Gasteiger partial charge in [0.2, 0.25) is 0 Å². The van der Waals surface area contributed by atoms with Crippen molar-refractivity contribution in [3.05, 3.63) is 149 Å². The predicted octanol–water partition coefficient (Wildman–Crippen LogP) is 8.98. The van der Waals surface area contributed by atoms with Gasteiger partial charge in [-0.2, -0.15) is 9.55 Å². The van der Waals surface area contributed by atoms with Crippen LogP contribution in [-0.4, -0.2) is 48.5 Å². The van der Waals surface area contributed by atoms with Gasteiger partial charge in [0.05, 0.1) is 13.1 Å². The van der Waals surface area contributed by atoms with E-state index in [1.165, 1.54) is 0 Å². The van der Waals surface area contributed by atoms with Crippen LogP contribution in [-0.2, 0) is 20.8 Å². The quantitative estimate of drug-likeness (QED) is 0.0735. The van der Waals surface area contributed by atoms with Crippen LogP contribution in [0.2, 0.25) is 0 Å². The largest absolute Gasteiger partial charge is 0.601 e. The van der Waals surface area contributed by atoms with Crippen molar-refractivity contribution in [2.45, 2.75) is 45.6 Å². The van der Waals surface area contributed by atoms with E-state index in [-0.39, 0.29) is 25.6 Å². The van der Waals surface area contributed by atoms with Crippen molar-refractivity contribution in [3.63, 3.8) is 0 Å². The van der Waals surface area contributed by atoms with Crippen molar-refractivity contribution in [1.82, 2.24) is 5.01 Å². The molecule has 7 nitrogen and oxygen atoms in total. The summed E-state index contributed by atoms with van der Waals surface area (Å²) in [6.45, 7) is 6.62. The van der Waals surface area contributed by atoms with Crippen molar-refractivity contribution in [2.75, 3.05) is 26.4 Å². The number of hydroxylamine groups is 2. The van der Waals surface area contributed by atoms with E-state index in [2.05, 4.69) is 36.4 Å². The third kappa shape index (κ3) is 6.72. The molecule has 5 aromatic carbocycles. The maximum Gasteiger partial charge on any atom is 0.537 e. The molecule has 0 saturated heterocycles. The van der Waals surface area contributed by atoms with E-state index < -0.39 is 23.2 Å². The number of hydrogen-bond acceptors (Lipinski definition) is 6. The predicted molar refractivity (Wildman–Crippen MR) is 185 cm³/mol. The number of carbonyl (C=O) groups is 1. The average molecular weight is 631 g/mol. The summed E-state index contributed by atoms with van der Waals surface area (Å²) in [6.07, 6.45) is -1.60. The lowest BCUT2D eigenvalue weighted by atomic mass is 9.98. The van der Waals surface area contributed by atoms with Gasteiger partial charge >= 0.3 is 6.09 Å². The molecule has 0 saturated carbocycles. The number of rotatable bonds is 13. The number of benzene rings is 5. The zero-order chi connectivity index (χ0) is 32.8. The van der Waals surface area contributed by atoms with Gasteiger partial charge < -0.3 is 19.4 Å². The third-order valence-electron chi connectivity index (χ3n) is 9.07. The lowest BCUT2D eigenvalue weighted by molar-refractivity contribution is -0.958. The van der Waals surface area contributed by atoms with Gasteiger partial charge in [-0.3, -0.25) is 0 Å². The summed E-state index contributed by atoms with van der Waals surface area (Å²) < 4.78 is 16.6. The van der Waals surface area contributed by atoms with Crippen molar-refractivity contribution < 1.29 is 23.8 Å². The third-order valence-corrected chi connectivity index (χ3v) is 9.07. The van der Waals surface area contributed by atoms with Gasteiger partial charge in [0.1, 0.15) is 12.6 Å². The molecule has 0 fully saturated rings. The van der Waals surface area contributed by atoms with Crippen LogP contribution in [0.1, 0.15) is 55.0 Å². The van der Waals surface area contributed by atoms with Crippen LogP contribution >= 0.6 is 0 Å². The molecule has 0 bridgehead atoms. The molecule has 242 valence electrons. The molecule has 0 N–H and O–H groups in total. The van der Waals surface area contributed by atoms with E-state index in [4.69, 9.17) is 14.2 Å². The maximum absolute atomic E-state index is 15.6. The van der Waals surface area contributed by atoms with Crippen LogP contribution in [0.15, 0.2) is 121 Å². The summed E-state index contributed by atoms with van der Waals surface area (Å²) in [4.78, 5) is 14.5. The molecule has 0 aliphatic heterocycles. The first kappa shape index (κ1) is 32.6. The van der Waals surface area contributed by atoms with E-state index in [1.54, 1.807) is 11.9 Å². The summed E-state index contributed by atoms with van der Waals surface area (Å²) in [6, 6.07) is 39.1. The van der Waals surface area contributed by atoms with Crippen molar-refractivity contribution in [2.24, 2.45) is 0 Å². The fourth-order valence-corrected chi connectivity index (χ4v) is 6.67. The fraction of sp³-hybridized carbons (Fsp3) is 0.275. The van der Waals surface area contributed by atoms with Gasteiger partial charge in [0, 0.05) is 24.7 Å². The van der Waals surface area contributed by atoms with Gasteiger partial charge in [0.15, 0.2) is 6.29 Å². The lowest BCUT2D eigenvalue weighted by Crippen LogP contribution is -2.62. The summed E-state index contributed by atoms with van der Waals surface area (Å²) in [5, 5.41) is 19.3. The minimum atomic E-state index is -1.37. The first-order valence-electron chi connectivity index (χ1n) is 16.4. The Balaban J connectivity index is 1.38. The Bertz CT molecular complexity index is 1760. The Morgan fingerprint density at radius 3 is 1.98 bits per heavy atom. The topological polar surface area (TPSA) is 71.1 Å². The molecule has 47 heavy (non-hydrogen) atoms. The van der Waals surface area contributed by atoms with E-state index in [0.717, 1.165) is 44.2 Å². The van der Waals surface area contributed by atoms with E-state index >= 15 is 5.21 Å². The number of quaternary nitrogens is 1. The van der Waals surface area contributed by atoms with Crippen molar-refractivity contribution in [3.8, 4) is 11.1 Å². The second-order valence-corrected chi connectivity index (χ2v) is 11.9. The molecule has 1 aliphatic rings. The van der Waals surface area contributed by atoms with E-state index in [0.29, 0.717) is 13.2 Å². The van der Waals surface area contributed by atoms with E-state index in [1.807, 2.05) is 98.8 Å². The normalized spacial score (nSPS) is 14.6. The van der Waals surface area contributed by atoms with Crippen molar-refractivity contribution in [1.29, 1.82) is 0 Å². The standard InChI is InChI=1S/C40H42N2O5/c1-4-45-39(46-5-2)27-41(26-30-23-24-32-17-9-10-18-33(32)25-30)42(44,29(3)31-15-7-6-8-16-31)40(43)47-28-38-36-21-13-11-19-34(36)35-20-12-14-22-37(35)38/h6-25,29,38-39H,4-5,26-28H2,1-3H3. The highest BCUT2D eigenvalue weighted by Gasteiger charge is 2.45. The minimum absolute atomic E-state index is 0.0424. The second kappa shape index (κ2) is 14.6. The van der Waals surface area contributed by atoms with Gasteiger partial charge in [-0.15, -0.1) is 5.01 Å². The Kier molecular flexibility index (Phi) is 10.1. The van der Waals surface area contributed by atoms with Crippen molar-refractivity contribution >= 4 is 16.9 Å². The molecule has 7 heteroatoms. The molecule has 0 spiro atoms. The number of fused-ring (bicyclic) bond motifs is 4. The zero-order valence-electron chi connectivity index (χ0n) is 27.3. The minimum Gasteiger partial charge on any atom is -0.601 e. The smallest absolute Gasteiger partial charge is 0.537 e. The molecule has 5 aromatic rings. The molecule has 2 atom stereocenters. The van der Waals surface area contributed by atoms with Gasteiger partial charge in [0.25, 0.3) is 0 Å². The molecular formula is C40H42N2O5. The SMILES string of the molecule is CCOC(CN(Cc1ccc2ccccc2c1)[N+]([O-])(C(=O)OCC1c2ccccc2-c2ccccc21)C(C)c1ccccc1)OCC. The highest BCUT2D eigenvalue weighted by atomic mass is 16.7. The molecule has 0 aromatic heterocycles. The monoisotopic (exact) mass is 630 g/mol. The highest BCUT2D eigenvalue weighted by Crippen LogP contribution is 2.45. The molecule has 0 heterocycles. The first-order valence-corrected chi connectivity index (χ1v) is 16.4. The van der Waals surface area contributed by atoms with Crippen LogP contribution in [0.3, 0.4) is 0 Å². The van der Waals surface area contributed by atoms with E-state index in [9.17, 15) is 4.79 Å². The zero-order valence-corrected chi connectivity index (χ0v) is 27.3. The molecule has 1 amide bonds. The van der Waals surface area contributed by atoms with Gasteiger partial charge in [-0.1, -0.05) is 115 Å². The Labute approximate surface area is 277 Å². The summed E-state index contributed by atoms with van der Waals surface area (Å²) in [7, 11) is 0. The van der Waals surface area contributed by atoms with Gasteiger partial charge in [-0.25, -0.2) is 0 Å². The number of carbonyl (C=O) groups excluding carboxylic acids is 1. The Hall–Kier alpha value is -4.37. The van der Waals surface area contributed by atoms with Gasteiger partial charge in [-0.05, 0) is 65.4 Å².